The van der Waals surface area contributed by atoms with Crippen molar-refractivity contribution in [1.82, 2.24) is 9.78 Å². The van der Waals surface area contributed by atoms with Crippen molar-refractivity contribution in [2.45, 2.75) is 20.1 Å². The summed E-state index contributed by atoms with van der Waals surface area (Å²) < 4.78 is 6.94. The first kappa shape index (κ1) is 13.4. The molecule has 19 heavy (non-hydrogen) atoms. The summed E-state index contributed by atoms with van der Waals surface area (Å²) in [6.45, 7) is 2.91. The lowest BCUT2D eigenvalue weighted by atomic mass is 10.2. The minimum absolute atomic E-state index is 0.158. The van der Waals surface area contributed by atoms with Gasteiger partial charge in [0.05, 0.1) is 11.8 Å². The Morgan fingerprint density at radius 1 is 1.53 bits per heavy atom. The summed E-state index contributed by atoms with van der Waals surface area (Å²) in [6, 6.07) is 4.70. The second kappa shape index (κ2) is 5.75. The molecule has 2 aromatic rings. The van der Waals surface area contributed by atoms with E-state index < -0.39 is 5.97 Å². The van der Waals surface area contributed by atoms with E-state index in [1.807, 2.05) is 13.1 Å². The Bertz CT molecular complexity index is 595. The van der Waals surface area contributed by atoms with Crippen LogP contribution in [-0.2, 0) is 17.9 Å². The number of carbonyl (C=O) groups excluding carboxylic acids is 1. The summed E-state index contributed by atoms with van der Waals surface area (Å²) >= 11 is 5.82. The molecular formula is C13H14ClN3O2. The van der Waals surface area contributed by atoms with Gasteiger partial charge in [0.15, 0.2) is 0 Å². The number of nitrogen functional groups attached to an aromatic ring is 1. The molecule has 0 aliphatic rings. The molecule has 0 aliphatic heterocycles. The number of rotatable bonds is 4. The fourth-order valence-electron chi connectivity index (χ4n) is 1.59. The average molecular weight is 280 g/mol. The molecule has 0 bridgehead atoms. The third-order valence-electron chi connectivity index (χ3n) is 2.62. The van der Waals surface area contributed by atoms with Gasteiger partial charge < -0.3 is 10.5 Å². The van der Waals surface area contributed by atoms with Crippen LogP contribution in [0.25, 0.3) is 0 Å². The second-order valence-corrected chi connectivity index (χ2v) is 4.45. The number of hydrogen-bond donors (Lipinski definition) is 1. The molecule has 5 nitrogen and oxygen atoms in total. The molecule has 2 N–H and O–H groups in total. The monoisotopic (exact) mass is 279 g/mol. The van der Waals surface area contributed by atoms with Gasteiger partial charge in [0, 0.05) is 29.0 Å². The number of carbonyl (C=O) groups is 1. The smallest absolute Gasteiger partial charge is 0.340 e. The Balaban J connectivity index is 2.03. The minimum Gasteiger partial charge on any atom is -0.457 e. The first-order valence-corrected chi connectivity index (χ1v) is 6.21. The van der Waals surface area contributed by atoms with Gasteiger partial charge in [0.25, 0.3) is 0 Å². The Kier molecular flexibility index (Phi) is 4.06. The third-order valence-corrected chi connectivity index (χ3v) is 2.85. The predicted octanol–water partition coefficient (Wildman–Crippen LogP) is 2.50. The van der Waals surface area contributed by atoms with E-state index in [1.165, 1.54) is 6.07 Å². The average Bonchev–Trinajstić information content (AvgIpc) is 2.87. The highest BCUT2D eigenvalue weighted by Crippen LogP contribution is 2.19. The molecule has 0 radical (unpaired) electrons. The number of hydrogen-bond acceptors (Lipinski definition) is 4. The molecule has 6 heteroatoms. The van der Waals surface area contributed by atoms with Crippen LogP contribution in [0.4, 0.5) is 5.69 Å². The van der Waals surface area contributed by atoms with Crippen molar-refractivity contribution in [2.24, 2.45) is 0 Å². The number of nitrogens with zero attached hydrogens (tertiary/aromatic N) is 2. The molecule has 1 aromatic heterocycles. The number of halogens is 1. The first-order valence-electron chi connectivity index (χ1n) is 5.83. The van der Waals surface area contributed by atoms with Crippen LogP contribution >= 0.6 is 11.6 Å². The second-order valence-electron chi connectivity index (χ2n) is 4.01. The number of aryl methyl sites for hydroxylation is 1. The highest BCUT2D eigenvalue weighted by atomic mass is 35.5. The standard InChI is InChI=1S/C13H14ClN3O2/c1-2-17-7-9(6-16-17)8-19-13(18)11-5-10(14)3-4-12(11)15/h3-7H,2,8,15H2,1H3. The van der Waals surface area contributed by atoms with Crippen LogP contribution < -0.4 is 5.73 Å². The van der Waals surface area contributed by atoms with Gasteiger partial charge in [0.1, 0.15) is 6.61 Å². The van der Waals surface area contributed by atoms with Crippen LogP contribution in [-0.4, -0.2) is 15.7 Å². The lowest BCUT2D eigenvalue weighted by molar-refractivity contribution is 0.0474. The predicted molar refractivity (Wildman–Crippen MR) is 72.9 cm³/mol. The van der Waals surface area contributed by atoms with Crippen LogP contribution in [0.1, 0.15) is 22.8 Å². The molecule has 0 saturated heterocycles. The molecular weight excluding hydrogens is 266 g/mol. The zero-order chi connectivity index (χ0) is 13.8. The molecule has 0 aliphatic carbocycles. The highest BCUT2D eigenvalue weighted by molar-refractivity contribution is 6.31. The van der Waals surface area contributed by atoms with E-state index in [-0.39, 0.29) is 12.2 Å². The molecule has 0 saturated carbocycles. The maximum Gasteiger partial charge on any atom is 0.340 e. The van der Waals surface area contributed by atoms with Gasteiger partial charge >= 0.3 is 5.97 Å². The Hall–Kier alpha value is -2.01. The van der Waals surface area contributed by atoms with E-state index in [0.717, 1.165) is 12.1 Å². The quantitative estimate of drug-likeness (QED) is 0.689. The van der Waals surface area contributed by atoms with E-state index in [0.29, 0.717) is 10.7 Å². The molecule has 0 amide bonds. The SMILES string of the molecule is CCn1cc(COC(=O)c2cc(Cl)ccc2N)cn1. The largest absolute Gasteiger partial charge is 0.457 e. The fourth-order valence-corrected chi connectivity index (χ4v) is 1.76. The fraction of sp³-hybridized carbons (Fsp3) is 0.231. The summed E-state index contributed by atoms with van der Waals surface area (Å²) in [5.74, 6) is -0.496. The Morgan fingerprint density at radius 2 is 2.32 bits per heavy atom. The molecule has 0 unspecified atom stereocenters. The van der Waals surface area contributed by atoms with Gasteiger partial charge in [0.2, 0.25) is 0 Å². The lowest BCUT2D eigenvalue weighted by Gasteiger charge is -2.06. The summed E-state index contributed by atoms with van der Waals surface area (Å²) in [4.78, 5) is 11.9. The normalized spacial score (nSPS) is 10.4. The van der Waals surface area contributed by atoms with Crippen molar-refractivity contribution in [3.63, 3.8) is 0 Å². The van der Waals surface area contributed by atoms with Crippen LogP contribution in [0.2, 0.25) is 5.02 Å². The van der Waals surface area contributed by atoms with Crippen LogP contribution in [0.5, 0.6) is 0 Å². The van der Waals surface area contributed by atoms with E-state index >= 15 is 0 Å². The maximum absolute atomic E-state index is 11.9. The third kappa shape index (κ3) is 3.26. The molecule has 1 heterocycles. The molecule has 2 rings (SSSR count). The van der Waals surface area contributed by atoms with Gasteiger partial charge in [-0.05, 0) is 25.1 Å². The summed E-state index contributed by atoms with van der Waals surface area (Å²) in [7, 11) is 0. The first-order chi connectivity index (χ1) is 9.10. The van der Waals surface area contributed by atoms with E-state index in [9.17, 15) is 4.79 Å². The van der Waals surface area contributed by atoms with Crippen molar-refractivity contribution < 1.29 is 9.53 Å². The number of anilines is 1. The van der Waals surface area contributed by atoms with E-state index in [2.05, 4.69) is 5.10 Å². The number of ether oxygens (including phenoxy) is 1. The van der Waals surface area contributed by atoms with Crippen LogP contribution in [0.3, 0.4) is 0 Å². The van der Waals surface area contributed by atoms with E-state index in [1.54, 1.807) is 23.0 Å². The van der Waals surface area contributed by atoms with Crippen molar-refractivity contribution in [3.8, 4) is 0 Å². The molecule has 0 atom stereocenters. The number of nitrogens with two attached hydrogens (primary N) is 1. The minimum atomic E-state index is -0.496. The van der Waals surface area contributed by atoms with Crippen molar-refractivity contribution in [1.29, 1.82) is 0 Å². The topological polar surface area (TPSA) is 70.1 Å². The molecule has 1 aromatic carbocycles. The molecule has 0 spiro atoms. The molecule has 0 fully saturated rings. The van der Waals surface area contributed by atoms with E-state index in [4.69, 9.17) is 22.1 Å². The van der Waals surface area contributed by atoms with Crippen LogP contribution in [0, 0.1) is 0 Å². The van der Waals surface area contributed by atoms with Crippen LogP contribution in [0.15, 0.2) is 30.6 Å². The highest BCUT2D eigenvalue weighted by Gasteiger charge is 2.12. The van der Waals surface area contributed by atoms with Gasteiger partial charge in [-0.2, -0.15) is 5.10 Å². The summed E-state index contributed by atoms with van der Waals surface area (Å²) in [6.07, 6.45) is 3.49. The van der Waals surface area contributed by atoms with Crippen molar-refractivity contribution in [3.05, 3.63) is 46.7 Å². The summed E-state index contributed by atoms with van der Waals surface area (Å²) in [5.41, 5.74) is 7.16. The van der Waals surface area contributed by atoms with Gasteiger partial charge in [-0.3, -0.25) is 4.68 Å². The maximum atomic E-state index is 11.9. The zero-order valence-corrected chi connectivity index (χ0v) is 11.2. The number of esters is 1. The lowest BCUT2D eigenvalue weighted by Crippen LogP contribution is -2.08. The Labute approximate surface area is 115 Å². The Morgan fingerprint density at radius 3 is 3.00 bits per heavy atom. The van der Waals surface area contributed by atoms with Crippen molar-refractivity contribution >= 4 is 23.3 Å². The van der Waals surface area contributed by atoms with Gasteiger partial charge in [-0.15, -0.1) is 0 Å². The zero-order valence-electron chi connectivity index (χ0n) is 10.5. The number of aromatic nitrogens is 2. The molecule has 100 valence electrons. The number of benzene rings is 1. The summed E-state index contributed by atoms with van der Waals surface area (Å²) in [5, 5.41) is 4.54. The van der Waals surface area contributed by atoms with Gasteiger partial charge in [-0.1, -0.05) is 11.6 Å². The van der Waals surface area contributed by atoms with Gasteiger partial charge in [-0.25, -0.2) is 4.79 Å². The van der Waals surface area contributed by atoms with Crippen molar-refractivity contribution in [2.75, 3.05) is 5.73 Å².